The molecule has 0 radical (unpaired) electrons. The van der Waals surface area contributed by atoms with Crippen LogP contribution in [0.2, 0.25) is 0 Å². The summed E-state index contributed by atoms with van der Waals surface area (Å²) in [6.45, 7) is 2.60. The van der Waals surface area contributed by atoms with Crippen LogP contribution in [-0.4, -0.2) is 25.1 Å². The van der Waals surface area contributed by atoms with E-state index in [9.17, 15) is 9.59 Å². The lowest BCUT2D eigenvalue weighted by Crippen LogP contribution is -2.30. The first-order valence-electron chi connectivity index (χ1n) is 10.2. The minimum absolute atomic E-state index is 0.208. The van der Waals surface area contributed by atoms with Crippen LogP contribution in [0.15, 0.2) is 72.8 Å². The van der Waals surface area contributed by atoms with Gasteiger partial charge in [-0.05, 0) is 60.9 Å². The molecule has 0 fully saturated rings. The second-order valence-electron chi connectivity index (χ2n) is 7.12. The van der Waals surface area contributed by atoms with E-state index in [2.05, 4.69) is 21.9 Å². The first-order chi connectivity index (χ1) is 15.5. The summed E-state index contributed by atoms with van der Waals surface area (Å²) in [5.41, 5.74) is 3.76. The lowest BCUT2D eigenvalue weighted by atomic mass is 10.1. The standard InChI is InChI=1S/C26H25N3O3/c1-3-17-32-23-13-10-20(11-14-23)15-16-27-26(31)29-24-18-22(12-9-19(24)2)28-25(30)21-7-5-4-6-8-21/h1,4-14,18H,15-17H2,2H3,(H,28,30)(H2,27,29,31). The molecular formula is C26H25N3O3. The number of hydrogen-bond acceptors (Lipinski definition) is 3. The van der Waals surface area contributed by atoms with Crippen molar-refractivity contribution in [3.63, 3.8) is 0 Å². The minimum atomic E-state index is -0.311. The van der Waals surface area contributed by atoms with Gasteiger partial charge in [0.1, 0.15) is 12.4 Å². The van der Waals surface area contributed by atoms with Crippen molar-refractivity contribution in [3.8, 4) is 18.1 Å². The smallest absolute Gasteiger partial charge is 0.319 e. The van der Waals surface area contributed by atoms with Crippen LogP contribution in [0.5, 0.6) is 5.75 Å². The largest absolute Gasteiger partial charge is 0.481 e. The molecule has 3 aromatic rings. The molecule has 0 aliphatic carbocycles. The fourth-order valence-electron chi connectivity index (χ4n) is 2.99. The van der Waals surface area contributed by atoms with Crippen LogP contribution in [0.3, 0.4) is 0 Å². The van der Waals surface area contributed by atoms with Gasteiger partial charge in [0.15, 0.2) is 0 Å². The molecule has 6 heteroatoms. The Morgan fingerprint density at radius 3 is 2.44 bits per heavy atom. The van der Waals surface area contributed by atoms with Crippen molar-refractivity contribution in [1.82, 2.24) is 5.32 Å². The Labute approximate surface area is 188 Å². The van der Waals surface area contributed by atoms with Gasteiger partial charge < -0.3 is 20.7 Å². The number of aryl methyl sites for hydroxylation is 1. The zero-order valence-electron chi connectivity index (χ0n) is 17.9. The zero-order valence-corrected chi connectivity index (χ0v) is 17.9. The Kier molecular flexibility index (Phi) is 7.88. The summed E-state index contributed by atoms with van der Waals surface area (Å²) >= 11 is 0. The molecule has 3 N–H and O–H groups in total. The Morgan fingerprint density at radius 1 is 0.969 bits per heavy atom. The Hall–Kier alpha value is -4.24. The van der Waals surface area contributed by atoms with E-state index < -0.39 is 0 Å². The highest BCUT2D eigenvalue weighted by Crippen LogP contribution is 2.21. The molecule has 32 heavy (non-hydrogen) atoms. The number of anilines is 2. The number of carbonyl (C=O) groups excluding carboxylic acids is 2. The van der Waals surface area contributed by atoms with Crippen LogP contribution in [-0.2, 0) is 6.42 Å². The van der Waals surface area contributed by atoms with Gasteiger partial charge in [-0.3, -0.25) is 4.79 Å². The average molecular weight is 428 g/mol. The summed E-state index contributed by atoms with van der Waals surface area (Å²) in [4.78, 5) is 24.7. The number of benzene rings is 3. The Morgan fingerprint density at radius 2 is 1.72 bits per heavy atom. The fraction of sp³-hybridized carbons (Fsp3) is 0.154. The maximum atomic E-state index is 12.4. The summed E-state index contributed by atoms with van der Waals surface area (Å²) in [6.07, 6.45) is 5.85. The number of nitrogens with one attached hydrogen (secondary N) is 3. The highest BCUT2D eigenvalue weighted by Gasteiger charge is 2.09. The van der Waals surface area contributed by atoms with E-state index in [-0.39, 0.29) is 18.5 Å². The van der Waals surface area contributed by atoms with Crippen molar-refractivity contribution in [2.75, 3.05) is 23.8 Å². The SMILES string of the molecule is C#CCOc1ccc(CCNC(=O)Nc2cc(NC(=O)c3ccccc3)ccc2C)cc1. The quantitative estimate of drug-likeness (QED) is 0.459. The molecule has 6 nitrogen and oxygen atoms in total. The van der Waals surface area contributed by atoms with Gasteiger partial charge in [0.05, 0.1) is 0 Å². The maximum Gasteiger partial charge on any atom is 0.319 e. The number of ether oxygens (including phenoxy) is 1. The Balaban J connectivity index is 1.50. The number of carbonyl (C=O) groups is 2. The third kappa shape index (κ3) is 6.64. The molecular weight excluding hydrogens is 402 g/mol. The molecule has 0 aromatic heterocycles. The molecule has 0 bridgehead atoms. The van der Waals surface area contributed by atoms with Crippen LogP contribution >= 0.6 is 0 Å². The third-order valence-corrected chi connectivity index (χ3v) is 4.72. The molecule has 162 valence electrons. The number of hydrogen-bond donors (Lipinski definition) is 3. The van der Waals surface area contributed by atoms with Crippen molar-refractivity contribution in [1.29, 1.82) is 0 Å². The van der Waals surface area contributed by atoms with Crippen LogP contribution < -0.4 is 20.7 Å². The van der Waals surface area contributed by atoms with Gasteiger partial charge in [-0.25, -0.2) is 4.79 Å². The van der Waals surface area contributed by atoms with Crippen molar-refractivity contribution >= 4 is 23.3 Å². The van der Waals surface area contributed by atoms with Crippen molar-refractivity contribution in [3.05, 3.63) is 89.5 Å². The first-order valence-corrected chi connectivity index (χ1v) is 10.2. The summed E-state index contributed by atoms with van der Waals surface area (Å²) in [6, 6.07) is 21.6. The second kappa shape index (κ2) is 11.2. The topological polar surface area (TPSA) is 79.5 Å². The summed E-state index contributed by atoms with van der Waals surface area (Å²) in [7, 11) is 0. The van der Waals surface area contributed by atoms with E-state index in [1.54, 1.807) is 24.3 Å². The average Bonchev–Trinajstić information content (AvgIpc) is 2.81. The molecule has 3 aromatic carbocycles. The monoisotopic (exact) mass is 427 g/mol. The predicted octanol–water partition coefficient (Wildman–Crippen LogP) is 4.62. The van der Waals surface area contributed by atoms with Crippen molar-refractivity contribution in [2.24, 2.45) is 0 Å². The lowest BCUT2D eigenvalue weighted by Gasteiger charge is -2.13. The first kappa shape index (κ1) is 22.4. The van der Waals surface area contributed by atoms with E-state index in [0.29, 0.717) is 35.7 Å². The summed E-state index contributed by atoms with van der Waals surface area (Å²) in [5.74, 6) is 2.93. The van der Waals surface area contributed by atoms with Gasteiger partial charge in [0.2, 0.25) is 0 Å². The molecule has 3 amide bonds. The highest BCUT2D eigenvalue weighted by atomic mass is 16.5. The van der Waals surface area contributed by atoms with Crippen molar-refractivity contribution in [2.45, 2.75) is 13.3 Å². The fourth-order valence-corrected chi connectivity index (χ4v) is 2.99. The normalized spacial score (nSPS) is 10.0. The van der Waals surface area contributed by atoms with E-state index >= 15 is 0 Å². The van der Waals surface area contributed by atoms with E-state index in [4.69, 9.17) is 11.2 Å². The number of amides is 3. The van der Waals surface area contributed by atoms with E-state index in [1.165, 1.54) is 0 Å². The van der Waals surface area contributed by atoms with Gasteiger partial charge in [-0.2, -0.15) is 0 Å². The van der Waals surface area contributed by atoms with Gasteiger partial charge >= 0.3 is 6.03 Å². The number of terminal acetylenes is 1. The maximum absolute atomic E-state index is 12.4. The van der Waals surface area contributed by atoms with Gasteiger partial charge in [-0.15, -0.1) is 6.42 Å². The molecule has 0 spiro atoms. The molecule has 0 atom stereocenters. The number of rotatable bonds is 8. The lowest BCUT2D eigenvalue weighted by molar-refractivity contribution is 0.102. The second-order valence-corrected chi connectivity index (χ2v) is 7.12. The molecule has 0 saturated carbocycles. The van der Waals surface area contributed by atoms with Crippen LogP contribution in [0.1, 0.15) is 21.5 Å². The summed E-state index contributed by atoms with van der Waals surface area (Å²) < 4.78 is 5.35. The van der Waals surface area contributed by atoms with E-state index in [1.807, 2.05) is 55.5 Å². The van der Waals surface area contributed by atoms with E-state index in [0.717, 1.165) is 11.1 Å². The Bertz CT molecular complexity index is 1100. The number of urea groups is 1. The van der Waals surface area contributed by atoms with Crippen LogP contribution in [0.25, 0.3) is 0 Å². The molecule has 0 saturated heterocycles. The summed E-state index contributed by atoms with van der Waals surface area (Å²) in [5, 5.41) is 8.54. The molecule has 0 unspecified atom stereocenters. The molecule has 0 aliphatic rings. The molecule has 0 aliphatic heterocycles. The van der Waals surface area contributed by atoms with Crippen LogP contribution in [0.4, 0.5) is 16.2 Å². The molecule has 3 rings (SSSR count). The van der Waals surface area contributed by atoms with Crippen LogP contribution in [0, 0.1) is 19.3 Å². The zero-order chi connectivity index (χ0) is 22.8. The minimum Gasteiger partial charge on any atom is -0.481 e. The molecule has 0 heterocycles. The predicted molar refractivity (Wildman–Crippen MR) is 127 cm³/mol. The van der Waals surface area contributed by atoms with Gasteiger partial charge in [-0.1, -0.05) is 42.3 Å². The highest BCUT2D eigenvalue weighted by molar-refractivity contribution is 6.04. The van der Waals surface area contributed by atoms with Gasteiger partial charge in [0.25, 0.3) is 5.91 Å². The van der Waals surface area contributed by atoms with Crippen molar-refractivity contribution < 1.29 is 14.3 Å². The third-order valence-electron chi connectivity index (χ3n) is 4.72. The van der Waals surface area contributed by atoms with Gasteiger partial charge in [0, 0.05) is 23.5 Å².